The first-order valence-electron chi connectivity index (χ1n) is 11.9. The number of aryl methyl sites for hydroxylation is 1. The van der Waals surface area contributed by atoms with Crippen molar-refractivity contribution >= 4 is 23.8 Å². The lowest BCUT2D eigenvalue weighted by Crippen LogP contribution is -2.42. The Balaban J connectivity index is 1.81. The highest BCUT2D eigenvalue weighted by Gasteiger charge is 2.17. The highest BCUT2D eigenvalue weighted by Crippen LogP contribution is 2.15. The Hall–Kier alpha value is -3.86. The summed E-state index contributed by atoms with van der Waals surface area (Å²) in [6, 6.07) is 8.31. The molecule has 0 saturated heterocycles. The Kier molecular flexibility index (Phi) is 12.0. The highest BCUT2D eigenvalue weighted by atomic mass is 16.4. The maximum atomic E-state index is 12.5. The predicted octanol–water partition coefficient (Wildman–Crippen LogP) is 1.51. The number of nitrogens with one attached hydrogen (secondary N) is 2. The van der Waals surface area contributed by atoms with Crippen molar-refractivity contribution in [1.82, 2.24) is 20.6 Å². The summed E-state index contributed by atoms with van der Waals surface area (Å²) in [7, 11) is 0. The molecule has 6 N–H and O–H groups in total. The van der Waals surface area contributed by atoms with Gasteiger partial charge >= 0.3 is 11.9 Å². The number of nitrogens with zero attached hydrogens (tertiary/aromatic N) is 2. The second-order valence-corrected chi connectivity index (χ2v) is 8.45. The summed E-state index contributed by atoms with van der Waals surface area (Å²) in [5.41, 5.74) is 7.17. The maximum Gasteiger partial charge on any atom is 0.303 e. The van der Waals surface area contributed by atoms with Gasteiger partial charge in [-0.15, -0.1) is 0 Å². The zero-order chi connectivity index (χ0) is 26.3. The van der Waals surface area contributed by atoms with Crippen LogP contribution in [0.25, 0.3) is 11.4 Å². The third-order valence-corrected chi connectivity index (χ3v) is 5.60. The van der Waals surface area contributed by atoms with Crippen LogP contribution in [0.4, 0.5) is 0 Å². The molecule has 36 heavy (non-hydrogen) atoms. The van der Waals surface area contributed by atoms with E-state index in [1.807, 2.05) is 24.3 Å². The number of hydrogen-bond acceptors (Lipinski definition) is 7. The van der Waals surface area contributed by atoms with Gasteiger partial charge in [-0.3, -0.25) is 19.2 Å². The molecule has 1 aromatic carbocycles. The average molecular weight is 500 g/mol. The molecule has 0 aliphatic carbocycles. The molecule has 194 valence electrons. The fourth-order valence-corrected chi connectivity index (χ4v) is 3.65. The van der Waals surface area contributed by atoms with Crippen LogP contribution >= 0.6 is 0 Å². The van der Waals surface area contributed by atoms with Gasteiger partial charge in [-0.1, -0.05) is 24.3 Å². The van der Waals surface area contributed by atoms with Gasteiger partial charge in [0.2, 0.25) is 11.8 Å². The van der Waals surface area contributed by atoms with Crippen molar-refractivity contribution in [2.24, 2.45) is 5.73 Å². The molecular formula is C25H33N5O6. The van der Waals surface area contributed by atoms with Crippen LogP contribution in [0.3, 0.4) is 0 Å². The van der Waals surface area contributed by atoms with Gasteiger partial charge in [-0.05, 0) is 50.3 Å². The minimum atomic E-state index is -1.01. The molecule has 0 radical (unpaired) electrons. The van der Waals surface area contributed by atoms with Crippen LogP contribution in [0.2, 0.25) is 0 Å². The minimum Gasteiger partial charge on any atom is -0.481 e. The van der Waals surface area contributed by atoms with E-state index in [1.165, 1.54) is 0 Å². The lowest BCUT2D eigenvalue weighted by molar-refractivity contribution is -0.138. The molecule has 0 fully saturated rings. The van der Waals surface area contributed by atoms with Gasteiger partial charge in [0.05, 0.1) is 6.04 Å². The number of carbonyl (C=O) groups is 4. The summed E-state index contributed by atoms with van der Waals surface area (Å²) in [5, 5.41) is 23.7. The number of nitrogens with two attached hydrogens (primary N) is 1. The van der Waals surface area contributed by atoms with Gasteiger partial charge < -0.3 is 26.6 Å². The zero-order valence-electron chi connectivity index (χ0n) is 20.1. The first-order chi connectivity index (χ1) is 17.2. The number of benzene rings is 1. The number of carbonyl (C=O) groups excluding carboxylic acids is 2. The third kappa shape index (κ3) is 11.0. The van der Waals surface area contributed by atoms with Crippen LogP contribution < -0.4 is 16.4 Å². The molecule has 11 heteroatoms. The van der Waals surface area contributed by atoms with E-state index in [0.717, 1.165) is 11.1 Å². The Bertz CT molecular complexity index is 1000. The van der Waals surface area contributed by atoms with Gasteiger partial charge in [0.15, 0.2) is 5.82 Å². The number of aliphatic carboxylic acids is 2. The van der Waals surface area contributed by atoms with Crippen LogP contribution in [-0.4, -0.2) is 62.6 Å². The lowest BCUT2D eigenvalue weighted by Gasteiger charge is -2.19. The molecule has 11 nitrogen and oxygen atoms in total. The molecule has 2 unspecified atom stereocenters. The number of primary amides is 1. The molecule has 0 aliphatic heterocycles. The normalized spacial score (nSPS) is 12.4. The van der Waals surface area contributed by atoms with E-state index in [2.05, 4.69) is 20.6 Å². The van der Waals surface area contributed by atoms with E-state index >= 15 is 0 Å². The minimum absolute atomic E-state index is 0.0794. The Morgan fingerprint density at radius 1 is 0.889 bits per heavy atom. The topological polar surface area (TPSA) is 185 Å². The standard InChI is InChI=1S/C25H33N5O6/c26-24(36)20(10-13-23(34)35)27-14-1-3-19(9-12-22(32)33)30-21(31)11-6-17-4-7-18(8-5-17)25-28-15-2-16-29-25/h2,4-5,7-8,15-16,19-20,27H,1,3,6,9-14H2,(H2,26,36)(H,30,31)(H,32,33)(H,34,35). The molecule has 0 aliphatic rings. The molecule has 2 amide bonds. The summed E-state index contributed by atoms with van der Waals surface area (Å²) in [4.78, 5) is 54.2. The molecule has 2 atom stereocenters. The van der Waals surface area contributed by atoms with Crippen LogP contribution in [0.5, 0.6) is 0 Å². The fourth-order valence-electron chi connectivity index (χ4n) is 3.65. The number of rotatable bonds is 17. The number of carboxylic acid groups (broad SMARTS) is 2. The van der Waals surface area contributed by atoms with E-state index in [9.17, 15) is 19.2 Å². The molecular weight excluding hydrogens is 466 g/mol. The molecule has 1 aromatic heterocycles. The van der Waals surface area contributed by atoms with Gasteiger partial charge in [0, 0.05) is 43.3 Å². The van der Waals surface area contributed by atoms with Crippen LogP contribution in [-0.2, 0) is 25.6 Å². The van der Waals surface area contributed by atoms with Crippen LogP contribution in [0.15, 0.2) is 42.7 Å². The summed E-state index contributed by atoms with van der Waals surface area (Å²) in [6.07, 6.45) is 5.28. The monoisotopic (exact) mass is 499 g/mol. The van der Waals surface area contributed by atoms with Gasteiger partial charge in [0.1, 0.15) is 0 Å². The third-order valence-electron chi connectivity index (χ3n) is 5.60. The summed E-state index contributed by atoms with van der Waals surface area (Å²) >= 11 is 0. The molecule has 0 saturated carbocycles. The quantitative estimate of drug-likeness (QED) is 0.201. The van der Waals surface area contributed by atoms with Crippen molar-refractivity contribution in [3.8, 4) is 11.4 Å². The van der Waals surface area contributed by atoms with Crippen LogP contribution in [0.1, 0.15) is 50.5 Å². The van der Waals surface area contributed by atoms with E-state index in [1.54, 1.807) is 18.5 Å². The molecule has 2 rings (SSSR count). The van der Waals surface area contributed by atoms with Gasteiger partial charge in [0.25, 0.3) is 0 Å². The van der Waals surface area contributed by atoms with Crippen molar-refractivity contribution in [3.63, 3.8) is 0 Å². The van der Waals surface area contributed by atoms with Crippen molar-refractivity contribution in [1.29, 1.82) is 0 Å². The summed E-state index contributed by atoms with van der Waals surface area (Å²) in [5.74, 6) is -2.14. The highest BCUT2D eigenvalue weighted by molar-refractivity contribution is 5.80. The molecule has 0 bridgehead atoms. The van der Waals surface area contributed by atoms with Gasteiger partial charge in [-0.25, -0.2) is 9.97 Å². The van der Waals surface area contributed by atoms with Crippen molar-refractivity contribution in [3.05, 3.63) is 48.3 Å². The number of carboxylic acids is 2. The second kappa shape index (κ2) is 15.2. The smallest absolute Gasteiger partial charge is 0.303 e. The number of aromatic nitrogens is 2. The first-order valence-corrected chi connectivity index (χ1v) is 11.9. The van der Waals surface area contributed by atoms with E-state index in [0.29, 0.717) is 31.6 Å². The predicted molar refractivity (Wildman–Crippen MR) is 132 cm³/mol. The molecule has 0 spiro atoms. The van der Waals surface area contributed by atoms with E-state index < -0.39 is 23.9 Å². The zero-order valence-corrected chi connectivity index (χ0v) is 20.1. The average Bonchev–Trinajstić information content (AvgIpc) is 2.85. The fraction of sp³-hybridized carbons (Fsp3) is 0.440. The van der Waals surface area contributed by atoms with E-state index in [-0.39, 0.29) is 44.1 Å². The maximum absolute atomic E-state index is 12.5. The number of amides is 2. The number of hydrogen-bond donors (Lipinski definition) is 5. The molecule has 2 aromatic rings. The SMILES string of the molecule is NC(=O)C(CCC(=O)O)NCCCC(CCC(=O)O)NC(=O)CCc1ccc(-c2ncccn2)cc1. The Morgan fingerprint density at radius 3 is 2.14 bits per heavy atom. The van der Waals surface area contributed by atoms with Gasteiger partial charge in [-0.2, -0.15) is 0 Å². The van der Waals surface area contributed by atoms with E-state index in [4.69, 9.17) is 15.9 Å². The van der Waals surface area contributed by atoms with Crippen molar-refractivity contribution < 1.29 is 29.4 Å². The van der Waals surface area contributed by atoms with Crippen LogP contribution in [0, 0.1) is 0 Å². The largest absolute Gasteiger partial charge is 0.481 e. The Morgan fingerprint density at radius 2 is 1.53 bits per heavy atom. The first kappa shape index (κ1) is 28.4. The Labute approximate surface area is 209 Å². The van der Waals surface area contributed by atoms with Crippen molar-refractivity contribution in [2.45, 2.75) is 63.5 Å². The second-order valence-electron chi connectivity index (χ2n) is 8.45. The summed E-state index contributed by atoms with van der Waals surface area (Å²) in [6.45, 7) is 0.379. The van der Waals surface area contributed by atoms with Crippen molar-refractivity contribution in [2.75, 3.05) is 6.54 Å². The summed E-state index contributed by atoms with van der Waals surface area (Å²) < 4.78 is 0. The lowest BCUT2D eigenvalue weighted by atomic mass is 10.0. The molecule has 1 heterocycles.